The van der Waals surface area contributed by atoms with E-state index in [0.717, 1.165) is 55.7 Å². The minimum atomic E-state index is 0. The third-order valence-electron chi connectivity index (χ3n) is 4.00. The number of hydrogen-bond donors (Lipinski definition) is 1. The molecule has 0 radical (unpaired) electrons. The van der Waals surface area contributed by atoms with E-state index in [1.807, 2.05) is 12.1 Å². The Bertz CT molecular complexity index is 649. The molecule has 0 aliphatic carbocycles. The van der Waals surface area contributed by atoms with Crippen LogP contribution in [0.5, 0.6) is 11.5 Å². The standard InChI is InChI=1S/C17H23N3O2S.2ClH/c1-21-15-4-3-13(9-16(15)22-2)10-17-19-14(12-23-17)11-20-7-5-18-6-8-20;;/h3-4,9,12,18H,5-8,10-11H2,1-2H3;2*1H. The van der Waals surface area contributed by atoms with Crippen LogP contribution in [0, 0.1) is 0 Å². The number of benzene rings is 1. The van der Waals surface area contributed by atoms with E-state index in [4.69, 9.17) is 14.5 Å². The van der Waals surface area contributed by atoms with Crippen molar-refractivity contribution in [1.29, 1.82) is 0 Å². The Morgan fingerprint density at radius 1 is 1.12 bits per heavy atom. The summed E-state index contributed by atoms with van der Waals surface area (Å²) >= 11 is 1.73. The largest absolute Gasteiger partial charge is 0.493 e. The molecule has 0 bridgehead atoms. The van der Waals surface area contributed by atoms with Gasteiger partial charge in [0.1, 0.15) is 0 Å². The number of rotatable bonds is 6. The molecule has 0 amide bonds. The zero-order chi connectivity index (χ0) is 16.1. The smallest absolute Gasteiger partial charge is 0.160 e. The number of ether oxygens (including phenoxy) is 2. The molecular formula is C17H25Cl2N3O2S. The van der Waals surface area contributed by atoms with Gasteiger partial charge in [0, 0.05) is 44.5 Å². The second kappa shape index (κ2) is 10.8. The Morgan fingerprint density at radius 2 is 1.84 bits per heavy atom. The molecule has 1 saturated heterocycles. The summed E-state index contributed by atoms with van der Waals surface area (Å²) in [7, 11) is 3.32. The number of aromatic nitrogens is 1. The predicted molar refractivity (Wildman–Crippen MR) is 107 cm³/mol. The molecule has 8 heteroatoms. The maximum Gasteiger partial charge on any atom is 0.160 e. The van der Waals surface area contributed by atoms with E-state index in [0.29, 0.717) is 0 Å². The summed E-state index contributed by atoms with van der Waals surface area (Å²) in [6.45, 7) is 5.29. The van der Waals surface area contributed by atoms with Gasteiger partial charge in [0.15, 0.2) is 11.5 Å². The van der Waals surface area contributed by atoms with Gasteiger partial charge in [-0.2, -0.15) is 0 Å². The maximum atomic E-state index is 5.37. The monoisotopic (exact) mass is 405 g/mol. The predicted octanol–water partition coefficient (Wildman–Crippen LogP) is 3.00. The number of halogens is 2. The average Bonchev–Trinajstić information content (AvgIpc) is 3.02. The topological polar surface area (TPSA) is 46.6 Å². The van der Waals surface area contributed by atoms with Crippen LogP contribution in [0.4, 0.5) is 0 Å². The van der Waals surface area contributed by atoms with Gasteiger partial charge in [-0.05, 0) is 17.7 Å². The molecular weight excluding hydrogens is 381 g/mol. The maximum absolute atomic E-state index is 5.37. The number of methoxy groups -OCH3 is 2. The molecule has 2 heterocycles. The molecule has 0 unspecified atom stereocenters. The highest BCUT2D eigenvalue weighted by Gasteiger charge is 2.12. The molecule has 0 atom stereocenters. The SMILES string of the molecule is COc1ccc(Cc2nc(CN3CCNCC3)cs2)cc1OC.Cl.Cl. The van der Waals surface area contributed by atoms with Gasteiger partial charge in [-0.3, -0.25) is 4.90 Å². The molecule has 0 saturated carbocycles. The molecule has 25 heavy (non-hydrogen) atoms. The number of nitrogens with one attached hydrogen (secondary N) is 1. The highest BCUT2D eigenvalue weighted by molar-refractivity contribution is 7.09. The fourth-order valence-electron chi connectivity index (χ4n) is 2.77. The Hall–Kier alpha value is -1.05. The Morgan fingerprint density at radius 3 is 2.52 bits per heavy atom. The first kappa shape index (κ1) is 22.0. The molecule has 1 aromatic carbocycles. The van der Waals surface area contributed by atoms with E-state index in [1.165, 1.54) is 11.3 Å². The van der Waals surface area contributed by atoms with E-state index >= 15 is 0 Å². The van der Waals surface area contributed by atoms with E-state index in [2.05, 4.69) is 21.7 Å². The van der Waals surface area contributed by atoms with Gasteiger partial charge in [-0.1, -0.05) is 6.07 Å². The third-order valence-corrected chi connectivity index (χ3v) is 4.90. The second-order valence-corrected chi connectivity index (χ2v) is 6.57. The van der Waals surface area contributed by atoms with Gasteiger partial charge >= 0.3 is 0 Å². The van der Waals surface area contributed by atoms with Crippen LogP contribution in [-0.2, 0) is 13.0 Å². The van der Waals surface area contributed by atoms with Crippen LogP contribution in [0.1, 0.15) is 16.3 Å². The first-order chi connectivity index (χ1) is 11.3. The summed E-state index contributed by atoms with van der Waals surface area (Å²) in [6.07, 6.45) is 0.826. The number of piperazine rings is 1. The van der Waals surface area contributed by atoms with Crippen LogP contribution >= 0.6 is 36.2 Å². The number of hydrogen-bond acceptors (Lipinski definition) is 6. The molecule has 1 aromatic heterocycles. The van der Waals surface area contributed by atoms with Gasteiger partial charge < -0.3 is 14.8 Å². The van der Waals surface area contributed by atoms with Crippen LogP contribution in [0.3, 0.4) is 0 Å². The minimum Gasteiger partial charge on any atom is -0.493 e. The number of thiazole rings is 1. The zero-order valence-corrected chi connectivity index (χ0v) is 16.9. The molecule has 1 N–H and O–H groups in total. The summed E-state index contributed by atoms with van der Waals surface area (Å²) in [5.74, 6) is 1.53. The Balaban J connectivity index is 0.00000156. The molecule has 1 aliphatic rings. The minimum absolute atomic E-state index is 0. The lowest BCUT2D eigenvalue weighted by atomic mass is 10.1. The molecule has 5 nitrogen and oxygen atoms in total. The zero-order valence-electron chi connectivity index (χ0n) is 14.5. The molecule has 3 rings (SSSR count). The van der Waals surface area contributed by atoms with Gasteiger partial charge in [-0.25, -0.2) is 4.98 Å². The van der Waals surface area contributed by atoms with Crippen molar-refractivity contribution in [2.45, 2.75) is 13.0 Å². The lowest BCUT2D eigenvalue weighted by molar-refractivity contribution is 0.231. The highest BCUT2D eigenvalue weighted by atomic mass is 35.5. The van der Waals surface area contributed by atoms with E-state index < -0.39 is 0 Å². The van der Waals surface area contributed by atoms with Crippen molar-refractivity contribution in [3.8, 4) is 11.5 Å². The summed E-state index contributed by atoms with van der Waals surface area (Å²) in [5.41, 5.74) is 2.36. The highest BCUT2D eigenvalue weighted by Crippen LogP contribution is 2.28. The quantitative estimate of drug-likeness (QED) is 0.799. The second-order valence-electron chi connectivity index (χ2n) is 5.62. The van der Waals surface area contributed by atoms with Crippen molar-refractivity contribution in [3.63, 3.8) is 0 Å². The summed E-state index contributed by atoms with van der Waals surface area (Å²) < 4.78 is 10.6. The average molecular weight is 406 g/mol. The van der Waals surface area contributed by atoms with Crippen molar-refractivity contribution in [2.24, 2.45) is 0 Å². The van der Waals surface area contributed by atoms with Crippen molar-refractivity contribution in [1.82, 2.24) is 15.2 Å². The molecule has 140 valence electrons. The molecule has 1 fully saturated rings. The summed E-state index contributed by atoms with van der Waals surface area (Å²) in [5, 5.41) is 6.70. The van der Waals surface area contributed by atoms with Crippen molar-refractivity contribution in [2.75, 3.05) is 40.4 Å². The lowest BCUT2D eigenvalue weighted by Crippen LogP contribution is -2.42. The Kier molecular flexibility index (Phi) is 9.53. The Labute approximate surface area is 165 Å². The van der Waals surface area contributed by atoms with Crippen molar-refractivity contribution in [3.05, 3.63) is 39.8 Å². The third kappa shape index (κ3) is 6.01. The van der Waals surface area contributed by atoms with Crippen molar-refractivity contribution < 1.29 is 9.47 Å². The fourth-order valence-corrected chi connectivity index (χ4v) is 3.59. The fraction of sp³-hybridized carbons (Fsp3) is 0.471. The van der Waals surface area contributed by atoms with E-state index in [9.17, 15) is 0 Å². The first-order valence-corrected chi connectivity index (χ1v) is 8.73. The van der Waals surface area contributed by atoms with E-state index in [-0.39, 0.29) is 24.8 Å². The van der Waals surface area contributed by atoms with Crippen LogP contribution in [0.2, 0.25) is 0 Å². The molecule has 1 aliphatic heterocycles. The normalized spacial score (nSPS) is 14.3. The van der Waals surface area contributed by atoms with E-state index in [1.54, 1.807) is 25.6 Å². The number of nitrogens with zero attached hydrogens (tertiary/aromatic N) is 2. The molecule has 0 spiro atoms. The summed E-state index contributed by atoms with van der Waals surface area (Å²) in [4.78, 5) is 7.23. The first-order valence-electron chi connectivity index (χ1n) is 7.85. The van der Waals surface area contributed by atoms with Gasteiger partial charge in [0.05, 0.1) is 24.9 Å². The van der Waals surface area contributed by atoms with Crippen LogP contribution in [-0.4, -0.2) is 50.3 Å². The molecule has 2 aromatic rings. The van der Waals surface area contributed by atoms with Crippen molar-refractivity contribution >= 4 is 36.2 Å². The van der Waals surface area contributed by atoms with Gasteiger partial charge in [0.25, 0.3) is 0 Å². The van der Waals surface area contributed by atoms with Crippen LogP contribution < -0.4 is 14.8 Å². The van der Waals surface area contributed by atoms with Crippen LogP contribution in [0.15, 0.2) is 23.6 Å². The van der Waals surface area contributed by atoms with Gasteiger partial charge in [-0.15, -0.1) is 36.2 Å². The van der Waals surface area contributed by atoms with Crippen LogP contribution in [0.25, 0.3) is 0 Å². The van der Waals surface area contributed by atoms with Gasteiger partial charge in [0.2, 0.25) is 0 Å². The summed E-state index contributed by atoms with van der Waals surface area (Å²) in [6, 6.07) is 6.04. The lowest BCUT2D eigenvalue weighted by Gasteiger charge is -2.26.